The highest BCUT2D eigenvalue weighted by molar-refractivity contribution is 7.99. The molecule has 7 nitrogen and oxygen atoms in total. The van der Waals surface area contributed by atoms with Crippen molar-refractivity contribution in [2.24, 2.45) is 5.92 Å². The van der Waals surface area contributed by atoms with Crippen LogP contribution in [0.4, 0.5) is 5.82 Å². The summed E-state index contributed by atoms with van der Waals surface area (Å²) >= 11 is 1.37. The molecule has 0 unspecified atom stereocenters. The van der Waals surface area contributed by atoms with Gasteiger partial charge in [-0.25, -0.2) is 0 Å². The molecular formula is C22H27N5O2S. The van der Waals surface area contributed by atoms with Crippen LogP contribution in [-0.2, 0) is 16.1 Å². The van der Waals surface area contributed by atoms with Crippen LogP contribution in [0.3, 0.4) is 0 Å². The molecule has 2 aliphatic rings. The Morgan fingerprint density at radius 3 is 2.63 bits per heavy atom. The van der Waals surface area contributed by atoms with Crippen LogP contribution < -0.4 is 15.5 Å². The third-order valence-corrected chi connectivity index (χ3v) is 6.27. The minimum absolute atomic E-state index is 0.0171. The Labute approximate surface area is 181 Å². The summed E-state index contributed by atoms with van der Waals surface area (Å²) in [6, 6.07) is 14.1. The summed E-state index contributed by atoms with van der Waals surface area (Å²) in [4.78, 5) is 26.5. The summed E-state index contributed by atoms with van der Waals surface area (Å²) < 4.78 is 0. The van der Waals surface area contributed by atoms with Gasteiger partial charge in [0.2, 0.25) is 11.8 Å². The SMILES string of the molecule is O=C(CSc1ccc(N2CCC[C@H](C(=O)NC3CC3)C2)nn1)NCc1ccccc1. The molecule has 1 aliphatic carbocycles. The normalized spacial score (nSPS) is 18.7. The molecule has 2 N–H and O–H groups in total. The highest BCUT2D eigenvalue weighted by Gasteiger charge is 2.30. The predicted molar refractivity (Wildman–Crippen MR) is 117 cm³/mol. The fourth-order valence-corrected chi connectivity index (χ4v) is 4.14. The van der Waals surface area contributed by atoms with Crippen LogP contribution >= 0.6 is 11.8 Å². The molecule has 0 bridgehead atoms. The molecular weight excluding hydrogens is 398 g/mol. The average Bonchev–Trinajstić information content (AvgIpc) is 3.61. The zero-order valence-corrected chi connectivity index (χ0v) is 17.7. The number of thioether (sulfide) groups is 1. The van der Waals surface area contributed by atoms with Crippen LogP contribution in [-0.4, -0.2) is 46.9 Å². The van der Waals surface area contributed by atoms with Gasteiger partial charge in [-0.3, -0.25) is 9.59 Å². The molecule has 30 heavy (non-hydrogen) atoms. The summed E-state index contributed by atoms with van der Waals surface area (Å²) in [7, 11) is 0. The van der Waals surface area contributed by atoms with E-state index in [4.69, 9.17) is 0 Å². The lowest BCUT2D eigenvalue weighted by Gasteiger charge is -2.32. The molecule has 1 aliphatic heterocycles. The quantitative estimate of drug-likeness (QED) is 0.632. The first-order valence-corrected chi connectivity index (χ1v) is 11.5. The van der Waals surface area contributed by atoms with Gasteiger partial charge in [0.05, 0.1) is 11.7 Å². The number of amides is 2. The number of piperidine rings is 1. The molecule has 2 fully saturated rings. The van der Waals surface area contributed by atoms with Crippen LogP contribution in [0.25, 0.3) is 0 Å². The third-order valence-electron chi connectivity index (χ3n) is 5.35. The molecule has 1 atom stereocenters. The van der Waals surface area contributed by atoms with Crippen LogP contribution in [0.1, 0.15) is 31.2 Å². The fraction of sp³-hybridized carbons (Fsp3) is 0.455. The second kappa shape index (κ2) is 9.93. The van der Waals surface area contributed by atoms with E-state index in [1.807, 2.05) is 42.5 Å². The van der Waals surface area contributed by atoms with E-state index in [2.05, 4.69) is 25.7 Å². The largest absolute Gasteiger partial charge is 0.354 e. The van der Waals surface area contributed by atoms with Gasteiger partial charge in [-0.05, 0) is 43.4 Å². The molecule has 2 amide bonds. The standard InChI is InChI=1S/C22H27N5O2S/c28-20(23-13-16-5-2-1-3-6-16)15-30-21-11-10-19(25-26-21)27-12-4-7-17(14-27)22(29)24-18-8-9-18/h1-3,5-6,10-11,17-18H,4,7-9,12-15H2,(H,23,28)(H,24,29)/t17-/m0/s1. The second-order valence-electron chi connectivity index (χ2n) is 7.85. The number of carbonyl (C=O) groups is 2. The monoisotopic (exact) mass is 425 g/mol. The van der Waals surface area contributed by atoms with Crippen molar-refractivity contribution in [1.29, 1.82) is 0 Å². The summed E-state index contributed by atoms with van der Waals surface area (Å²) in [5.74, 6) is 1.24. The molecule has 0 radical (unpaired) electrons. The van der Waals surface area contributed by atoms with Gasteiger partial charge >= 0.3 is 0 Å². The molecule has 0 spiro atoms. The molecule has 1 aromatic carbocycles. The first-order valence-electron chi connectivity index (χ1n) is 10.5. The number of nitrogens with one attached hydrogen (secondary N) is 2. The number of carbonyl (C=O) groups excluding carboxylic acids is 2. The van der Waals surface area contributed by atoms with Gasteiger partial charge in [-0.1, -0.05) is 42.1 Å². The highest BCUT2D eigenvalue weighted by atomic mass is 32.2. The van der Waals surface area contributed by atoms with E-state index in [9.17, 15) is 9.59 Å². The Bertz CT molecular complexity index is 858. The van der Waals surface area contributed by atoms with Crippen molar-refractivity contribution in [3.05, 3.63) is 48.0 Å². The highest BCUT2D eigenvalue weighted by Crippen LogP contribution is 2.25. The minimum Gasteiger partial charge on any atom is -0.354 e. The van der Waals surface area contributed by atoms with Crippen molar-refractivity contribution < 1.29 is 9.59 Å². The van der Waals surface area contributed by atoms with E-state index in [1.54, 1.807) is 0 Å². The molecule has 158 valence electrons. The van der Waals surface area contributed by atoms with Crippen LogP contribution in [0.15, 0.2) is 47.5 Å². The van der Waals surface area contributed by atoms with E-state index in [-0.39, 0.29) is 17.7 Å². The summed E-state index contributed by atoms with van der Waals surface area (Å²) in [6.45, 7) is 2.09. The maximum absolute atomic E-state index is 12.4. The number of anilines is 1. The fourth-order valence-electron chi connectivity index (χ4n) is 3.49. The number of aromatic nitrogens is 2. The van der Waals surface area contributed by atoms with E-state index in [0.717, 1.165) is 43.6 Å². The Hall–Kier alpha value is -2.61. The first-order chi connectivity index (χ1) is 14.7. The first kappa shape index (κ1) is 20.7. The Morgan fingerprint density at radius 1 is 1.07 bits per heavy atom. The van der Waals surface area contributed by atoms with Crippen LogP contribution in [0, 0.1) is 5.92 Å². The van der Waals surface area contributed by atoms with Crippen molar-refractivity contribution >= 4 is 29.4 Å². The number of hydrogen-bond acceptors (Lipinski definition) is 6. The number of nitrogens with zero attached hydrogens (tertiary/aromatic N) is 3. The van der Waals surface area contributed by atoms with E-state index in [0.29, 0.717) is 29.9 Å². The van der Waals surface area contributed by atoms with Gasteiger partial charge in [0.1, 0.15) is 5.03 Å². The van der Waals surface area contributed by atoms with E-state index >= 15 is 0 Å². The van der Waals surface area contributed by atoms with Gasteiger partial charge in [0, 0.05) is 25.7 Å². The molecule has 1 aromatic heterocycles. The molecule has 2 aromatic rings. The Balaban J connectivity index is 1.23. The Morgan fingerprint density at radius 2 is 1.90 bits per heavy atom. The maximum Gasteiger partial charge on any atom is 0.230 e. The zero-order chi connectivity index (χ0) is 20.8. The van der Waals surface area contributed by atoms with Gasteiger partial charge in [0.15, 0.2) is 5.82 Å². The lowest BCUT2D eigenvalue weighted by molar-refractivity contribution is -0.125. The lowest BCUT2D eigenvalue weighted by atomic mass is 9.97. The number of hydrogen-bond donors (Lipinski definition) is 2. The number of benzene rings is 1. The smallest absolute Gasteiger partial charge is 0.230 e. The van der Waals surface area contributed by atoms with Crippen LogP contribution in [0.2, 0.25) is 0 Å². The molecule has 2 heterocycles. The zero-order valence-electron chi connectivity index (χ0n) is 16.9. The molecule has 1 saturated carbocycles. The van der Waals surface area contributed by atoms with Crippen LogP contribution in [0.5, 0.6) is 0 Å². The summed E-state index contributed by atoms with van der Waals surface area (Å²) in [6.07, 6.45) is 4.12. The third kappa shape index (κ3) is 5.95. The maximum atomic E-state index is 12.4. The Kier molecular flexibility index (Phi) is 6.84. The second-order valence-corrected chi connectivity index (χ2v) is 8.84. The van der Waals surface area contributed by atoms with Crippen molar-refractivity contribution in [3.8, 4) is 0 Å². The van der Waals surface area contributed by atoms with Gasteiger partial charge in [0.25, 0.3) is 0 Å². The summed E-state index contributed by atoms with van der Waals surface area (Å²) in [5.41, 5.74) is 1.07. The molecule has 4 rings (SSSR count). The van der Waals surface area contributed by atoms with Crippen molar-refractivity contribution in [1.82, 2.24) is 20.8 Å². The van der Waals surface area contributed by atoms with Gasteiger partial charge in [-0.15, -0.1) is 10.2 Å². The van der Waals surface area contributed by atoms with Crippen molar-refractivity contribution in [3.63, 3.8) is 0 Å². The lowest BCUT2D eigenvalue weighted by Crippen LogP contribution is -2.44. The topological polar surface area (TPSA) is 87.2 Å². The summed E-state index contributed by atoms with van der Waals surface area (Å²) in [5, 5.41) is 15.3. The van der Waals surface area contributed by atoms with Gasteiger partial charge < -0.3 is 15.5 Å². The molecule has 1 saturated heterocycles. The average molecular weight is 426 g/mol. The van der Waals surface area contributed by atoms with Crippen molar-refractivity contribution in [2.75, 3.05) is 23.7 Å². The van der Waals surface area contributed by atoms with Gasteiger partial charge in [-0.2, -0.15) is 0 Å². The van der Waals surface area contributed by atoms with Crippen molar-refractivity contribution in [2.45, 2.75) is 43.3 Å². The predicted octanol–water partition coefficient (Wildman–Crippen LogP) is 2.38. The minimum atomic E-state index is -0.0322. The van der Waals surface area contributed by atoms with E-state index < -0.39 is 0 Å². The molecule has 8 heteroatoms. The van der Waals surface area contributed by atoms with E-state index in [1.165, 1.54) is 11.8 Å². The number of rotatable bonds is 8.